The molecule has 0 saturated carbocycles. The van der Waals surface area contributed by atoms with Gasteiger partial charge in [0.25, 0.3) is 5.91 Å². The van der Waals surface area contributed by atoms with Crippen LogP contribution in [-0.4, -0.2) is 42.6 Å². The number of amides is 1. The molecule has 1 aliphatic heterocycles. The molecule has 7 heteroatoms. The maximum absolute atomic E-state index is 13.2. The Hall–Kier alpha value is -3.06. The first-order chi connectivity index (χ1) is 14.3. The van der Waals surface area contributed by atoms with Crippen LogP contribution in [0, 0.1) is 0 Å². The average Bonchev–Trinajstić information content (AvgIpc) is 2.98. The molecular weight excluding hydrogens is 450 g/mol. The molecule has 0 spiro atoms. The Balaban J connectivity index is 1.92. The van der Waals surface area contributed by atoms with E-state index >= 15 is 0 Å². The van der Waals surface area contributed by atoms with Crippen molar-refractivity contribution >= 4 is 33.9 Å². The van der Waals surface area contributed by atoms with E-state index in [0.29, 0.717) is 24.2 Å². The number of esters is 1. The summed E-state index contributed by atoms with van der Waals surface area (Å²) in [6.45, 7) is 2.12. The van der Waals surface area contributed by atoms with Crippen molar-refractivity contribution in [2.24, 2.45) is 0 Å². The summed E-state index contributed by atoms with van der Waals surface area (Å²) in [6, 6.07) is 12.5. The summed E-state index contributed by atoms with van der Waals surface area (Å²) in [6.07, 6.45) is 2.13. The molecule has 0 atom stereocenters. The number of rotatable bonds is 6. The Morgan fingerprint density at radius 2 is 1.87 bits per heavy atom. The number of halogens is 1. The van der Waals surface area contributed by atoms with Gasteiger partial charge >= 0.3 is 5.97 Å². The first-order valence-electron chi connectivity index (χ1n) is 9.30. The van der Waals surface area contributed by atoms with E-state index in [-0.39, 0.29) is 22.8 Å². The first-order valence-corrected chi connectivity index (χ1v) is 10.1. The predicted molar refractivity (Wildman–Crippen MR) is 117 cm³/mol. The van der Waals surface area contributed by atoms with Crippen LogP contribution in [0.5, 0.6) is 11.5 Å². The number of hydrogen-bond donors (Lipinski definition) is 1. The average molecular weight is 472 g/mol. The van der Waals surface area contributed by atoms with E-state index in [2.05, 4.69) is 15.9 Å². The Morgan fingerprint density at radius 3 is 2.50 bits per heavy atom. The molecule has 156 valence electrons. The van der Waals surface area contributed by atoms with Crippen LogP contribution in [0.1, 0.15) is 18.1 Å². The van der Waals surface area contributed by atoms with Crippen LogP contribution >= 0.6 is 15.9 Å². The van der Waals surface area contributed by atoms with E-state index in [1.807, 2.05) is 24.3 Å². The van der Waals surface area contributed by atoms with Gasteiger partial charge in [-0.15, -0.1) is 0 Å². The third-order valence-electron chi connectivity index (χ3n) is 4.97. The number of carbonyl (C=O) groups excluding carboxylic acids is 2. The Bertz CT molecular complexity index is 1040. The minimum Gasteiger partial charge on any atom is -0.507 e. The summed E-state index contributed by atoms with van der Waals surface area (Å²) >= 11 is 3.35. The molecule has 0 aliphatic carbocycles. The van der Waals surface area contributed by atoms with Crippen LogP contribution in [0.25, 0.3) is 6.08 Å². The fourth-order valence-corrected chi connectivity index (χ4v) is 3.71. The first kappa shape index (κ1) is 21.6. The zero-order valence-electron chi connectivity index (χ0n) is 16.9. The van der Waals surface area contributed by atoms with Crippen LogP contribution in [0.2, 0.25) is 0 Å². The predicted octanol–water partition coefficient (Wildman–Crippen LogP) is 4.08. The molecule has 2 aromatic rings. The van der Waals surface area contributed by atoms with Crippen molar-refractivity contribution < 1.29 is 24.2 Å². The van der Waals surface area contributed by atoms with Crippen molar-refractivity contribution in [3.63, 3.8) is 0 Å². The van der Waals surface area contributed by atoms with Gasteiger partial charge in [0.05, 0.1) is 25.4 Å². The summed E-state index contributed by atoms with van der Waals surface area (Å²) in [5.74, 6) is -0.120. The second-order valence-corrected chi connectivity index (χ2v) is 7.68. The third kappa shape index (κ3) is 4.41. The smallest absolute Gasteiger partial charge is 0.340 e. The fraction of sp³-hybridized carbons (Fsp3) is 0.217. The van der Waals surface area contributed by atoms with Crippen molar-refractivity contribution in [3.05, 3.63) is 74.9 Å². The Morgan fingerprint density at radius 1 is 1.17 bits per heavy atom. The Kier molecular flexibility index (Phi) is 6.62. The zero-order chi connectivity index (χ0) is 21.8. The van der Waals surface area contributed by atoms with Crippen LogP contribution in [0.3, 0.4) is 0 Å². The topological polar surface area (TPSA) is 76.1 Å². The molecule has 1 amide bonds. The van der Waals surface area contributed by atoms with Crippen molar-refractivity contribution in [3.8, 4) is 11.5 Å². The number of ether oxygens (including phenoxy) is 2. The third-order valence-corrected chi connectivity index (χ3v) is 5.47. The van der Waals surface area contributed by atoms with Crippen molar-refractivity contribution in [1.82, 2.24) is 4.90 Å². The molecule has 3 rings (SSSR count). The molecule has 0 unspecified atom stereocenters. The highest BCUT2D eigenvalue weighted by Gasteiger charge is 2.36. The van der Waals surface area contributed by atoms with E-state index < -0.39 is 5.97 Å². The normalized spacial score (nSPS) is 15.1. The zero-order valence-corrected chi connectivity index (χ0v) is 18.5. The number of allylic oxidation sites excluding steroid dienone is 1. The SMILES string of the molecule is COC(=O)C1=C(C)N(CCc2ccc(OC)cc2)C(=O)/C1=C\c1cc(Br)ccc1O. The number of methoxy groups -OCH3 is 2. The summed E-state index contributed by atoms with van der Waals surface area (Å²) in [4.78, 5) is 27.2. The minimum absolute atomic E-state index is 0.0112. The summed E-state index contributed by atoms with van der Waals surface area (Å²) < 4.78 is 10.8. The molecule has 0 radical (unpaired) electrons. The number of benzene rings is 2. The van der Waals surface area contributed by atoms with Gasteiger partial charge in [-0.05, 0) is 55.3 Å². The fourth-order valence-electron chi connectivity index (χ4n) is 3.33. The molecule has 1 heterocycles. The van der Waals surface area contributed by atoms with E-state index in [0.717, 1.165) is 15.8 Å². The monoisotopic (exact) mass is 471 g/mol. The van der Waals surface area contributed by atoms with E-state index in [1.54, 1.807) is 31.1 Å². The highest BCUT2D eigenvalue weighted by molar-refractivity contribution is 9.10. The quantitative estimate of drug-likeness (QED) is 0.507. The molecule has 0 aromatic heterocycles. The maximum Gasteiger partial charge on any atom is 0.340 e. The molecule has 1 aliphatic rings. The van der Waals surface area contributed by atoms with Gasteiger partial charge < -0.3 is 19.5 Å². The molecule has 6 nitrogen and oxygen atoms in total. The van der Waals surface area contributed by atoms with E-state index in [4.69, 9.17) is 9.47 Å². The van der Waals surface area contributed by atoms with Gasteiger partial charge in [0, 0.05) is 22.3 Å². The van der Waals surface area contributed by atoms with Crippen LogP contribution in [-0.2, 0) is 20.7 Å². The van der Waals surface area contributed by atoms with Crippen LogP contribution in [0.4, 0.5) is 0 Å². The lowest BCUT2D eigenvalue weighted by molar-refractivity contribution is -0.136. The molecular formula is C23H22BrNO5. The minimum atomic E-state index is -0.589. The number of phenolic OH excluding ortho intramolecular Hbond substituents is 1. The van der Waals surface area contributed by atoms with Gasteiger partial charge in [0.15, 0.2) is 0 Å². The largest absolute Gasteiger partial charge is 0.507 e. The molecule has 30 heavy (non-hydrogen) atoms. The molecule has 1 N–H and O–H groups in total. The second-order valence-electron chi connectivity index (χ2n) is 6.77. The van der Waals surface area contributed by atoms with Gasteiger partial charge in [-0.3, -0.25) is 4.79 Å². The molecule has 0 saturated heterocycles. The molecule has 0 fully saturated rings. The van der Waals surface area contributed by atoms with E-state index in [1.165, 1.54) is 19.3 Å². The lowest BCUT2D eigenvalue weighted by Gasteiger charge is -2.18. The maximum atomic E-state index is 13.2. The van der Waals surface area contributed by atoms with Gasteiger partial charge in [-0.1, -0.05) is 28.1 Å². The van der Waals surface area contributed by atoms with Crippen molar-refractivity contribution in [2.45, 2.75) is 13.3 Å². The van der Waals surface area contributed by atoms with Crippen molar-refractivity contribution in [1.29, 1.82) is 0 Å². The molecule has 2 aromatic carbocycles. The number of phenols is 1. The van der Waals surface area contributed by atoms with Gasteiger partial charge in [0.1, 0.15) is 11.5 Å². The number of hydrogen-bond acceptors (Lipinski definition) is 5. The summed E-state index contributed by atoms with van der Waals surface area (Å²) in [5, 5.41) is 10.2. The highest BCUT2D eigenvalue weighted by atomic mass is 79.9. The summed E-state index contributed by atoms with van der Waals surface area (Å²) in [7, 11) is 2.89. The lowest BCUT2D eigenvalue weighted by Crippen LogP contribution is -2.27. The Labute approximate surface area is 183 Å². The van der Waals surface area contributed by atoms with Crippen molar-refractivity contribution in [2.75, 3.05) is 20.8 Å². The summed E-state index contributed by atoms with van der Waals surface area (Å²) in [5.41, 5.74) is 2.40. The van der Waals surface area contributed by atoms with Gasteiger partial charge in [-0.2, -0.15) is 0 Å². The van der Waals surface area contributed by atoms with Gasteiger partial charge in [-0.25, -0.2) is 4.79 Å². The molecule has 0 bridgehead atoms. The highest BCUT2D eigenvalue weighted by Crippen LogP contribution is 2.34. The van der Waals surface area contributed by atoms with Crippen LogP contribution in [0.15, 0.2) is 63.8 Å². The van der Waals surface area contributed by atoms with Crippen LogP contribution < -0.4 is 4.74 Å². The lowest BCUT2D eigenvalue weighted by atomic mass is 10.0. The standard InChI is InChI=1S/C23H22BrNO5/c1-14-21(23(28)30-3)19(13-16-12-17(24)6-9-20(16)26)22(27)25(14)11-10-15-4-7-18(29-2)8-5-15/h4-9,12-13,26H,10-11H2,1-3H3/b19-13-. The second kappa shape index (κ2) is 9.17. The van der Waals surface area contributed by atoms with E-state index in [9.17, 15) is 14.7 Å². The number of nitrogens with zero attached hydrogens (tertiary/aromatic N) is 1. The number of carbonyl (C=O) groups is 2. The van der Waals surface area contributed by atoms with Gasteiger partial charge in [0.2, 0.25) is 0 Å². The number of aromatic hydroxyl groups is 1.